The van der Waals surface area contributed by atoms with Crippen molar-refractivity contribution in [3.8, 4) is 0 Å². The molecule has 0 bridgehead atoms. The number of hydrogen-bond donors (Lipinski definition) is 1. The maximum Gasteiger partial charge on any atom is 0.335 e. The number of hydrogen-bond acceptors (Lipinski definition) is 4. The molecule has 0 atom stereocenters. The zero-order valence-corrected chi connectivity index (χ0v) is 15.6. The van der Waals surface area contributed by atoms with E-state index in [2.05, 4.69) is 0 Å². The molecule has 8 heteroatoms. The van der Waals surface area contributed by atoms with Gasteiger partial charge >= 0.3 is 5.97 Å². The van der Waals surface area contributed by atoms with Crippen LogP contribution in [-0.4, -0.2) is 49.6 Å². The van der Waals surface area contributed by atoms with Crippen LogP contribution in [0.25, 0.3) is 0 Å². The van der Waals surface area contributed by atoms with E-state index < -0.39 is 16.0 Å². The van der Waals surface area contributed by atoms with Gasteiger partial charge in [-0.2, -0.15) is 0 Å². The van der Waals surface area contributed by atoms with Crippen LogP contribution in [0.1, 0.15) is 32.7 Å². The number of sulfonamides is 1. The van der Waals surface area contributed by atoms with Gasteiger partial charge in [0.05, 0.1) is 17.0 Å². The first-order chi connectivity index (χ1) is 12.8. The van der Waals surface area contributed by atoms with Crippen molar-refractivity contribution < 1.29 is 23.1 Å². The second kappa shape index (κ2) is 7.40. The molecule has 0 unspecified atom stereocenters. The van der Waals surface area contributed by atoms with Gasteiger partial charge in [0.1, 0.15) is 0 Å². The average molecular weight is 388 g/mol. The molecular weight excluding hydrogens is 368 g/mol. The Morgan fingerprint density at radius 2 is 1.81 bits per heavy atom. The Morgan fingerprint density at radius 3 is 2.41 bits per heavy atom. The molecule has 0 aliphatic carbocycles. The van der Waals surface area contributed by atoms with Crippen LogP contribution in [0.2, 0.25) is 0 Å². The van der Waals surface area contributed by atoms with E-state index in [1.54, 1.807) is 43.4 Å². The normalized spacial score (nSPS) is 15.5. The van der Waals surface area contributed by atoms with Crippen molar-refractivity contribution in [2.24, 2.45) is 0 Å². The molecule has 0 saturated carbocycles. The van der Waals surface area contributed by atoms with Crippen molar-refractivity contribution in [2.75, 3.05) is 23.7 Å². The van der Waals surface area contributed by atoms with Crippen LogP contribution in [0.15, 0.2) is 48.5 Å². The lowest BCUT2D eigenvalue weighted by Crippen LogP contribution is -2.28. The third-order valence-electron chi connectivity index (χ3n) is 4.45. The molecule has 2 aromatic carbocycles. The summed E-state index contributed by atoms with van der Waals surface area (Å²) in [4.78, 5) is 25.1. The fourth-order valence-corrected chi connectivity index (χ4v) is 4.60. The van der Waals surface area contributed by atoms with Crippen LogP contribution in [0.5, 0.6) is 0 Å². The van der Waals surface area contributed by atoms with E-state index in [9.17, 15) is 18.0 Å². The summed E-state index contributed by atoms with van der Waals surface area (Å²) in [5, 5.41) is 8.94. The van der Waals surface area contributed by atoms with Crippen molar-refractivity contribution in [3.63, 3.8) is 0 Å². The molecule has 2 aromatic rings. The SMILES string of the molecule is CN(Cc1ccc(C(=O)O)cc1)C(=O)c1cccc(N2CCCS2(=O)=O)c1. The van der Waals surface area contributed by atoms with Crippen LogP contribution in [0, 0.1) is 0 Å². The van der Waals surface area contributed by atoms with Crippen molar-refractivity contribution in [1.29, 1.82) is 0 Å². The molecule has 0 spiro atoms. The summed E-state index contributed by atoms with van der Waals surface area (Å²) in [7, 11) is -1.66. The summed E-state index contributed by atoms with van der Waals surface area (Å²) < 4.78 is 25.5. The first-order valence-corrected chi connectivity index (χ1v) is 10.1. The number of carboxylic acid groups (broad SMARTS) is 1. The summed E-state index contributed by atoms with van der Waals surface area (Å²) in [6.07, 6.45) is 0.576. The Kier molecular flexibility index (Phi) is 5.18. The fourth-order valence-electron chi connectivity index (χ4n) is 3.04. The van der Waals surface area contributed by atoms with E-state index in [0.717, 1.165) is 5.56 Å². The summed E-state index contributed by atoms with van der Waals surface area (Å²) in [6.45, 7) is 0.733. The third-order valence-corrected chi connectivity index (χ3v) is 6.32. The van der Waals surface area contributed by atoms with Crippen LogP contribution in [-0.2, 0) is 16.6 Å². The first kappa shape index (κ1) is 18.9. The van der Waals surface area contributed by atoms with E-state index in [1.807, 2.05) is 0 Å². The lowest BCUT2D eigenvalue weighted by molar-refractivity contribution is 0.0695. The molecule has 1 amide bonds. The Balaban J connectivity index is 1.75. The summed E-state index contributed by atoms with van der Waals surface area (Å²) >= 11 is 0. The lowest BCUT2D eigenvalue weighted by atomic mass is 10.1. The highest BCUT2D eigenvalue weighted by atomic mass is 32.2. The van der Waals surface area contributed by atoms with Gasteiger partial charge in [-0.05, 0) is 42.3 Å². The summed E-state index contributed by atoms with van der Waals surface area (Å²) in [5.74, 6) is -1.12. The molecule has 3 rings (SSSR count). The van der Waals surface area contributed by atoms with Gasteiger partial charge < -0.3 is 10.0 Å². The highest BCUT2D eigenvalue weighted by molar-refractivity contribution is 7.93. The second-order valence-electron chi connectivity index (χ2n) is 6.46. The van der Waals surface area contributed by atoms with Crippen LogP contribution in [0.4, 0.5) is 5.69 Å². The van der Waals surface area contributed by atoms with E-state index in [0.29, 0.717) is 30.8 Å². The zero-order chi connectivity index (χ0) is 19.6. The first-order valence-electron chi connectivity index (χ1n) is 8.46. The molecule has 1 saturated heterocycles. The maximum atomic E-state index is 12.7. The molecule has 27 heavy (non-hydrogen) atoms. The molecule has 1 N–H and O–H groups in total. The minimum atomic E-state index is -3.30. The van der Waals surface area contributed by atoms with Gasteiger partial charge in [-0.1, -0.05) is 18.2 Å². The van der Waals surface area contributed by atoms with E-state index in [-0.39, 0.29) is 17.2 Å². The van der Waals surface area contributed by atoms with Crippen molar-refractivity contribution in [3.05, 3.63) is 65.2 Å². The lowest BCUT2D eigenvalue weighted by Gasteiger charge is -2.20. The molecule has 1 aliphatic rings. The summed E-state index contributed by atoms with van der Waals surface area (Å²) in [5.41, 5.74) is 1.89. The largest absolute Gasteiger partial charge is 0.478 e. The molecular formula is C19H20N2O5S. The molecule has 0 aromatic heterocycles. The Hall–Kier alpha value is -2.87. The number of carbonyl (C=O) groups is 2. The highest BCUT2D eigenvalue weighted by Gasteiger charge is 2.28. The van der Waals surface area contributed by atoms with Gasteiger partial charge in [0.25, 0.3) is 5.91 Å². The van der Waals surface area contributed by atoms with Gasteiger partial charge in [0.2, 0.25) is 10.0 Å². The van der Waals surface area contributed by atoms with E-state index >= 15 is 0 Å². The fraction of sp³-hybridized carbons (Fsp3) is 0.263. The van der Waals surface area contributed by atoms with Crippen LogP contribution < -0.4 is 4.31 Å². The number of rotatable bonds is 5. The minimum absolute atomic E-state index is 0.122. The number of carboxylic acids is 1. The second-order valence-corrected chi connectivity index (χ2v) is 8.47. The molecule has 1 fully saturated rings. The predicted octanol–water partition coefficient (Wildman–Crippen LogP) is 2.20. The Bertz CT molecular complexity index is 970. The Labute approximate surface area is 157 Å². The molecule has 142 valence electrons. The molecule has 0 radical (unpaired) electrons. The van der Waals surface area contributed by atoms with Gasteiger partial charge in [0, 0.05) is 25.7 Å². The quantitative estimate of drug-likeness (QED) is 0.847. The number of aromatic carboxylic acids is 1. The Morgan fingerprint density at radius 1 is 1.11 bits per heavy atom. The predicted molar refractivity (Wildman–Crippen MR) is 101 cm³/mol. The monoisotopic (exact) mass is 388 g/mol. The van der Waals surface area contributed by atoms with Crippen LogP contribution >= 0.6 is 0 Å². The summed E-state index contributed by atoms with van der Waals surface area (Å²) in [6, 6.07) is 12.9. The number of anilines is 1. The third kappa shape index (κ3) is 4.11. The highest BCUT2D eigenvalue weighted by Crippen LogP contribution is 2.25. The molecule has 1 aliphatic heterocycles. The van der Waals surface area contributed by atoms with Gasteiger partial charge in [0.15, 0.2) is 0 Å². The van der Waals surface area contributed by atoms with Crippen molar-refractivity contribution in [2.45, 2.75) is 13.0 Å². The van der Waals surface area contributed by atoms with Gasteiger partial charge in [-0.15, -0.1) is 0 Å². The maximum absolute atomic E-state index is 12.7. The zero-order valence-electron chi connectivity index (χ0n) is 14.8. The van der Waals surface area contributed by atoms with Gasteiger partial charge in [-0.25, -0.2) is 13.2 Å². The van der Waals surface area contributed by atoms with Crippen molar-refractivity contribution >= 4 is 27.6 Å². The van der Waals surface area contributed by atoms with Gasteiger partial charge in [-0.3, -0.25) is 9.10 Å². The van der Waals surface area contributed by atoms with E-state index in [4.69, 9.17) is 5.11 Å². The average Bonchev–Trinajstić information content (AvgIpc) is 3.00. The standard InChI is InChI=1S/C19H20N2O5S/c1-20(13-14-6-8-15(9-7-14)19(23)24)18(22)16-4-2-5-17(12-16)21-10-3-11-27(21,25)26/h2,4-9,12H,3,10-11,13H2,1H3,(H,23,24). The molecule has 7 nitrogen and oxygen atoms in total. The molecule has 1 heterocycles. The smallest absolute Gasteiger partial charge is 0.335 e. The van der Waals surface area contributed by atoms with Crippen LogP contribution in [0.3, 0.4) is 0 Å². The minimum Gasteiger partial charge on any atom is -0.478 e. The van der Waals surface area contributed by atoms with E-state index in [1.165, 1.54) is 21.3 Å². The number of carbonyl (C=O) groups excluding carboxylic acids is 1. The number of amides is 1. The number of nitrogens with zero attached hydrogens (tertiary/aromatic N) is 2. The number of benzene rings is 2. The van der Waals surface area contributed by atoms with Crippen molar-refractivity contribution in [1.82, 2.24) is 4.90 Å². The topological polar surface area (TPSA) is 95.0 Å².